The first-order chi connectivity index (χ1) is 9.24. The number of para-hydroxylation sites is 1. The fourth-order valence-corrected chi connectivity index (χ4v) is 2.08. The van der Waals surface area contributed by atoms with E-state index in [9.17, 15) is 10.1 Å². The lowest BCUT2D eigenvalue weighted by molar-refractivity contribution is -0.664. The Bertz CT molecular complexity index is 750. The van der Waals surface area contributed by atoms with Crippen LogP contribution in [0.15, 0.2) is 59.1 Å². The van der Waals surface area contributed by atoms with Gasteiger partial charge in [0.05, 0.1) is 6.07 Å². The average Bonchev–Trinajstić information content (AvgIpc) is 2.88. The Morgan fingerprint density at radius 2 is 1.85 bits per heavy atom. The quantitative estimate of drug-likeness (QED) is 0.375. The Balaban J connectivity index is 0.00000147. The molecule has 1 aromatic carbocycles. The van der Waals surface area contributed by atoms with Gasteiger partial charge in [0.1, 0.15) is 4.92 Å². The van der Waals surface area contributed by atoms with Crippen molar-refractivity contribution in [2.75, 3.05) is 0 Å². The Kier molecular flexibility index (Phi) is 4.14. The van der Waals surface area contributed by atoms with Crippen molar-refractivity contribution in [2.24, 2.45) is 0 Å². The van der Waals surface area contributed by atoms with Crippen LogP contribution in [0.4, 0.5) is 5.88 Å². The number of rotatable bonds is 3. The van der Waals surface area contributed by atoms with Crippen LogP contribution >= 0.6 is 0 Å². The number of nitro groups is 1. The van der Waals surface area contributed by atoms with E-state index in [0.717, 1.165) is 10.9 Å². The summed E-state index contributed by atoms with van der Waals surface area (Å²) in [5, 5.41) is 11.7. The molecule has 0 bridgehead atoms. The molecule has 0 unspecified atom stereocenters. The Morgan fingerprint density at radius 3 is 2.60 bits per heavy atom. The van der Waals surface area contributed by atoms with Crippen molar-refractivity contribution in [1.82, 2.24) is 0 Å². The van der Waals surface area contributed by atoms with Crippen molar-refractivity contribution in [2.45, 2.75) is 6.54 Å². The normalized spacial score (nSPS) is 10.2. The standard InChI is InChI=1S/C14H11N2O3.BrH/c17-16(18)14-8-7-12(19-14)10-15-9-3-5-11-4-1-2-6-13(11)15;/h1-9H,10H2;1H/q+1;/p-1. The number of benzene rings is 1. The second-order valence-corrected chi connectivity index (χ2v) is 4.19. The molecule has 0 spiro atoms. The maximum atomic E-state index is 10.6. The molecule has 0 aliphatic rings. The molecular formula is C14H11BrN2O3. The molecule has 20 heavy (non-hydrogen) atoms. The van der Waals surface area contributed by atoms with E-state index in [1.807, 2.05) is 47.2 Å². The van der Waals surface area contributed by atoms with E-state index in [1.165, 1.54) is 6.07 Å². The number of nitrogens with zero attached hydrogens (tertiary/aromatic N) is 2. The summed E-state index contributed by atoms with van der Waals surface area (Å²) in [6.07, 6.45) is 1.93. The van der Waals surface area contributed by atoms with Crippen molar-refractivity contribution >= 4 is 16.8 Å². The fraction of sp³-hybridized carbons (Fsp3) is 0.0714. The van der Waals surface area contributed by atoms with Gasteiger partial charge in [-0.3, -0.25) is 10.1 Å². The van der Waals surface area contributed by atoms with Crippen LogP contribution < -0.4 is 21.5 Å². The van der Waals surface area contributed by atoms with Crippen LogP contribution in [0.3, 0.4) is 0 Å². The zero-order valence-electron chi connectivity index (χ0n) is 10.4. The zero-order chi connectivity index (χ0) is 13.2. The van der Waals surface area contributed by atoms with E-state index in [4.69, 9.17) is 4.42 Å². The van der Waals surface area contributed by atoms with Crippen molar-refractivity contribution in [3.63, 3.8) is 0 Å². The number of hydrogen-bond donors (Lipinski definition) is 0. The number of aromatic nitrogens is 1. The molecule has 3 aromatic rings. The molecule has 0 saturated carbocycles. The smallest absolute Gasteiger partial charge is 0.433 e. The Labute approximate surface area is 125 Å². The number of hydrogen-bond acceptors (Lipinski definition) is 3. The first-order valence-electron chi connectivity index (χ1n) is 5.84. The van der Waals surface area contributed by atoms with Gasteiger partial charge in [-0.25, -0.2) is 0 Å². The van der Waals surface area contributed by atoms with Gasteiger partial charge in [-0.1, -0.05) is 12.1 Å². The highest BCUT2D eigenvalue weighted by Crippen LogP contribution is 2.16. The van der Waals surface area contributed by atoms with Crippen LogP contribution in [0.2, 0.25) is 0 Å². The van der Waals surface area contributed by atoms with Crippen LogP contribution in [0.5, 0.6) is 0 Å². The minimum Gasteiger partial charge on any atom is -1.00 e. The Morgan fingerprint density at radius 1 is 1.10 bits per heavy atom. The molecule has 0 aliphatic carbocycles. The molecule has 5 nitrogen and oxygen atoms in total. The SMILES string of the molecule is O=[N+]([O-])c1ccc(C[n+]2cccc3ccccc32)o1.[Br-]. The molecule has 0 amide bonds. The van der Waals surface area contributed by atoms with E-state index in [-0.39, 0.29) is 22.9 Å². The first kappa shape index (κ1) is 14.2. The second-order valence-electron chi connectivity index (χ2n) is 4.19. The number of furan rings is 1. The Hall–Kier alpha value is -2.21. The summed E-state index contributed by atoms with van der Waals surface area (Å²) in [5.41, 5.74) is 1.06. The highest BCUT2D eigenvalue weighted by atomic mass is 79.9. The summed E-state index contributed by atoms with van der Waals surface area (Å²) < 4.78 is 7.18. The van der Waals surface area contributed by atoms with E-state index in [0.29, 0.717) is 12.3 Å². The van der Waals surface area contributed by atoms with Gasteiger partial charge in [-0.2, -0.15) is 4.57 Å². The molecule has 2 aromatic heterocycles. The summed E-state index contributed by atoms with van der Waals surface area (Å²) in [6.45, 7) is 0.467. The highest BCUT2D eigenvalue weighted by Gasteiger charge is 2.16. The number of pyridine rings is 1. The zero-order valence-corrected chi connectivity index (χ0v) is 12.0. The predicted molar refractivity (Wildman–Crippen MR) is 68.6 cm³/mol. The minimum absolute atomic E-state index is 0. The van der Waals surface area contributed by atoms with Gasteiger partial charge in [0.25, 0.3) is 0 Å². The summed E-state index contributed by atoms with van der Waals surface area (Å²) in [5.74, 6) is 0.337. The fourth-order valence-electron chi connectivity index (χ4n) is 2.08. The van der Waals surface area contributed by atoms with E-state index in [2.05, 4.69) is 0 Å². The molecule has 0 N–H and O–H groups in total. The van der Waals surface area contributed by atoms with Crippen molar-refractivity contribution in [1.29, 1.82) is 0 Å². The van der Waals surface area contributed by atoms with Crippen molar-refractivity contribution in [3.05, 3.63) is 70.6 Å². The van der Waals surface area contributed by atoms with Gasteiger partial charge in [-0.05, 0) is 18.2 Å². The molecule has 6 heteroatoms. The van der Waals surface area contributed by atoms with E-state index < -0.39 is 4.92 Å². The molecule has 102 valence electrons. The largest absolute Gasteiger partial charge is 1.00 e. The van der Waals surface area contributed by atoms with Crippen LogP contribution in [0.25, 0.3) is 10.9 Å². The average molecular weight is 335 g/mol. The van der Waals surface area contributed by atoms with E-state index in [1.54, 1.807) is 6.07 Å². The van der Waals surface area contributed by atoms with Gasteiger partial charge < -0.3 is 21.4 Å². The maximum Gasteiger partial charge on any atom is 0.433 e. The minimum atomic E-state index is -0.530. The third-order valence-electron chi connectivity index (χ3n) is 2.94. The van der Waals surface area contributed by atoms with Gasteiger partial charge in [0.2, 0.25) is 12.1 Å². The summed E-state index contributed by atoms with van der Waals surface area (Å²) >= 11 is 0. The van der Waals surface area contributed by atoms with Gasteiger partial charge >= 0.3 is 5.88 Å². The molecule has 0 saturated heterocycles. The van der Waals surface area contributed by atoms with Crippen LogP contribution in [-0.4, -0.2) is 4.92 Å². The molecule has 0 atom stereocenters. The molecule has 2 heterocycles. The van der Waals surface area contributed by atoms with Crippen molar-refractivity contribution in [3.8, 4) is 0 Å². The molecule has 0 fully saturated rings. The highest BCUT2D eigenvalue weighted by molar-refractivity contribution is 5.74. The lowest BCUT2D eigenvalue weighted by atomic mass is 10.2. The van der Waals surface area contributed by atoms with Crippen LogP contribution in [-0.2, 0) is 6.54 Å². The topological polar surface area (TPSA) is 60.2 Å². The lowest BCUT2D eigenvalue weighted by Crippen LogP contribution is -3.00. The predicted octanol–water partition coefficient (Wildman–Crippen LogP) is -0.319. The third-order valence-corrected chi connectivity index (χ3v) is 2.94. The van der Waals surface area contributed by atoms with Crippen molar-refractivity contribution < 1.29 is 30.9 Å². The molecule has 3 rings (SSSR count). The molecule has 0 aliphatic heterocycles. The number of fused-ring (bicyclic) bond motifs is 1. The third kappa shape index (κ3) is 2.70. The molecular weight excluding hydrogens is 324 g/mol. The summed E-state index contributed by atoms with van der Waals surface area (Å²) in [6, 6.07) is 14.9. The second kappa shape index (κ2) is 5.83. The monoisotopic (exact) mass is 334 g/mol. The first-order valence-corrected chi connectivity index (χ1v) is 5.84. The molecule has 0 radical (unpaired) electrons. The number of halogens is 1. The summed E-state index contributed by atoms with van der Waals surface area (Å²) in [4.78, 5) is 10.1. The maximum absolute atomic E-state index is 10.6. The van der Waals surface area contributed by atoms with E-state index >= 15 is 0 Å². The van der Waals surface area contributed by atoms with Crippen LogP contribution in [0.1, 0.15) is 5.76 Å². The van der Waals surface area contributed by atoms with Crippen LogP contribution in [0, 0.1) is 10.1 Å². The van der Waals surface area contributed by atoms with Gasteiger partial charge in [0.15, 0.2) is 12.0 Å². The lowest BCUT2D eigenvalue weighted by Gasteiger charge is -1.98. The summed E-state index contributed by atoms with van der Waals surface area (Å²) in [7, 11) is 0. The van der Waals surface area contributed by atoms with Gasteiger partial charge in [-0.15, -0.1) is 0 Å². The van der Waals surface area contributed by atoms with Gasteiger partial charge in [0, 0.05) is 17.5 Å².